The van der Waals surface area contributed by atoms with Crippen molar-refractivity contribution in [3.63, 3.8) is 0 Å². The molecule has 0 aromatic heterocycles. The van der Waals surface area contributed by atoms with Gasteiger partial charge in [-0.15, -0.1) is 0 Å². The first-order chi connectivity index (χ1) is 13.2. The number of allylic oxidation sites excluding steroid dienone is 1. The van der Waals surface area contributed by atoms with Crippen molar-refractivity contribution in [2.75, 3.05) is 27.3 Å². The molecule has 28 heavy (non-hydrogen) atoms. The van der Waals surface area contributed by atoms with E-state index in [1.165, 1.54) is 0 Å². The van der Waals surface area contributed by atoms with Crippen LogP contribution in [0.2, 0.25) is 0 Å². The first-order valence-electron chi connectivity index (χ1n) is 9.66. The van der Waals surface area contributed by atoms with Crippen molar-refractivity contribution in [1.29, 1.82) is 0 Å². The van der Waals surface area contributed by atoms with E-state index in [4.69, 9.17) is 9.47 Å². The Bertz CT molecular complexity index is 741. The Labute approximate surface area is 167 Å². The zero-order valence-corrected chi connectivity index (χ0v) is 17.8. The quantitative estimate of drug-likeness (QED) is 0.785. The number of methoxy groups -OCH3 is 2. The van der Waals surface area contributed by atoms with Crippen molar-refractivity contribution in [3.05, 3.63) is 35.4 Å². The maximum absolute atomic E-state index is 12.6. The first kappa shape index (κ1) is 21.8. The van der Waals surface area contributed by atoms with Crippen LogP contribution in [0.15, 0.2) is 29.8 Å². The number of nitrogens with one attached hydrogen (secondary N) is 1. The van der Waals surface area contributed by atoms with Gasteiger partial charge in [-0.2, -0.15) is 0 Å². The van der Waals surface area contributed by atoms with Crippen molar-refractivity contribution in [2.24, 2.45) is 5.41 Å². The summed E-state index contributed by atoms with van der Waals surface area (Å²) in [6.07, 6.45) is 3.23. The number of piperidine rings is 1. The maximum atomic E-state index is 12.6. The highest BCUT2D eigenvalue weighted by Crippen LogP contribution is 2.28. The third-order valence-electron chi connectivity index (χ3n) is 5.31. The Morgan fingerprint density at radius 1 is 1.11 bits per heavy atom. The van der Waals surface area contributed by atoms with Crippen LogP contribution in [-0.4, -0.2) is 50.1 Å². The third kappa shape index (κ3) is 5.50. The predicted octanol–water partition coefficient (Wildman–Crippen LogP) is 3.42. The average molecular weight is 389 g/mol. The van der Waals surface area contributed by atoms with E-state index in [2.05, 4.69) is 26.1 Å². The lowest BCUT2D eigenvalue weighted by Crippen LogP contribution is -2.46. The lowest BCUT2D eigenvalue weighted by atomic mass is 9.87. The molecule has 0 saturated carbocycles. The van der Waals surface area contributed by atoms with Crippen molar-refractivity contribution in [3.8, 4) is 11.5 Å². The van der Waals surface area contributed by atoms with Gasteiger partial charge in [-0.05, 0) is 43.4 Å². The molecule has 1 aromatic rings. The van der Waals surface area contributed by atoms with E-state index < -0.39 is 0 Å². The van der Waals surface area contributed by atoms with Crippen LogP contribution in [-0.2, 0) is 4.79 Å². The predicted molar refractivity (Wildman–Crippen MR) is 110 cm³/mol. The molecule has 0 atom stereocenters. The second kappa shape index (κ2) is 9.13. The fourth-order valence-electron chi connectivity index (χ4n) is 2.98. The Morgan fingerprint density at radius 2 is 1.71 bits per heavy atom. The van der Waals surface area contributed by atoms with Crippen LogP contribution in [0.5, 0.6) is 11.5 Å². The van der Waals surface area contributed by atoms with Crippen LogP contribution in [0.1, 0.15) is 50.9 Å². The summed E-state index contributed by atoms with van der Waals surface area (Å²) in [6.45, 7) is 9.58. The van der Waals surface area contributed by atoms with Gasteiger partial charge in [-0.3, -0.25) is 9.59 Å². The Balaban J connectivity index is 1.92. The number of hydrogen-bond acceptors (Lipinski definition) is 4. The summed E-state index contributed by atoms with van der Waals surface area (Å²) in [4.78, 5) is 26.9. The van der Waals surface area contributed by atoms with E-state index in [-0.39, 0.29) is 23.3 Å². The smallest absolute Gasteiger partial charge is 0.251 e. The molecule has 1 aliphatic heterocycles. The molecular formula is C22H32N2O4. The molecule has 0 aliphatic carbocycles. The number of likely N-dealkylation sites (tertiary alicyclic amines) is 1. The molecule has 1 N–H and O–H groups in total. The van der Waals surface area contributed by atoms with Crippen molar-refractivity contribution >= 4 is 11.8 Å². The minimum Gasteiger partial charge on any atom is -0.493 e. The van der Waals surface area contributed by atoms with Gasteiger partial charge in [0.15, 0.2) is 11.5 Å². The molecule has 154 valence electrons. The van der Waals surface area contributed by atoms with Gasteiger partial charge in [0, 0.05) is 30.8 Å². The van der Waals surface area contributed by atoms with E-state index in [1.807, 2.05) is 11.8 Å². The fraction of sp³-hybridized carbons (Fsp3) is 0.545. The zero-order chi connectivity index (χ0) is 20.9. The number of carbonyl (C=O) groups excluding carboxylic acids is 2. The van der Waals surface area contributed by atoms with Crippen LogP contribution in [0.4, 0.5) is 0 Å². The summed E-state index contributed by atoms with van der Waals surface area (Å²) in [7, 11) is 3.10. The van der Waals surface area contributed by atoms with E-state index in [9.17, 15) is 9.59 Å². The van der Waals surface area contributed by atoms with Crippen LogP contribution in [0, 0.1) is 5.41 Å². The summed E-state index contributed by atoms with van der Waals surface area (Å²) >= 11 is 0. The molecule has 1 fully saturated rings. The maximum Gasteiger partial charge on any atom is 0.251 e. The summed E-state index contributed by atoms with van der Waals surface area (Å²) in [5.74, 6) is 1.02. The highest BCUT2D eigenvalue weighted by Gasteiger charge is 2.24. The van der Waals surface area contributed by atoms with E-state index in [0.29, 0.717) is 30.2 Å². The summed E-state index contributed by atoms with van der Waals surface area (Å²) in [5, 5.41) is 3.06. The van der Waals surface area contributed by atoms with Gasteiger partial charge in [0.25, 0.3) is 5.91 Å². The molecule has 0 spiro atoms. The van der Waals surface area contributed by atoms with Crippen molar-refractivity contribution in [2.45, 2.75) is 46.6 Å². The molecule has 2 rings (SSSR count). The molecular weight excluding hydrogens is 356 g/mol. The molecule has 1 saturated heterocycles. The Hall–Kier alpha value is -2.50. The lowest BCUT2D eigenvalue weighted by molar-refractivity contribution is -0.127. The van der Waals surface area contributed by atoms with Gasteiger partial charge in [0.1, 0.15) is 0 Å². The van der Waals surface area contributed by atoms with Gasteiger partial charge >= 0.3 is 0 Å². The van der Waals surface area contributed by atoms with Crippen LogP contribution < -0.4 is 14.8 Å². The summed E-state index contributed by atoms with van der Waals surface area (Å²) in [6, 6.07) is 5.17. The van der Waals surface area contributed by atoms with E-state index in [1.54, 1.807) is 38.5 Å². The van der Waals surface area contributed by atoms with E-state index >= 15 is 0 Å². The molecule has 0 radical (unpaired) electrons. The average Bonchev–Trinajstić information content (AvgIpc) is 2.67. The number of ether oxygens (including phenoxy) is 2. The largest absolute Gasteiger partial charge is 0.493 e. The standard InChI is InChI=1S/C22H32N2O4/c1-15(22(2,3)4)13-20(25)24-11-9-17(10-12-24)23-21(26)16-7-8-18(27-5)19(14-16)28-6/h7-8,13-14,17H,9-12H2,1-6H3,(H,23,26)/b15-13+. The minimum absolute atomic E-state index is 0.0125. The Morgan fingerprint density at radius 3 is 2.25 bits per heavy atom. The molecule has 1 aromatic carbocycles. The minimum atomic E-state index is -0.144. The number of nitrogens with zero attached hydrogens (tertiary/aromatic N) is 1. The van der Waals surface area contributed by atoms with Crippen LogP contribution in [0.25, 0.3) is 0 Å². The SMILES string of the molecule is COc1ccc(C(=O)NC2CCN(C(=O)/C=C(\C)C(C)(C)C)CC2)cc1OC. The zero-order valence-electron chi connectivity index (χ0n) is 17.8. The monoisotopic (exact) mass is 388 g/mol. The van der Waals surface area contributed by atoms with Gasteiger partial charge in [0.2, 0.25) is 5.91 Å². The van der Waals surface area contributed by atoms with Crippen molar-refractivity contribution in [1.82, 2.24) is 10.2 Å². The number of carbonyl (C=O) groups is 2. The molecule has 6 nitrogen and oxygen atoms in total. The fourth-order valence-corrected chi connectivity index (χ4v) is 2.98. The number of amides is 2. The first-order valence-corrected chi connectivity index (χ1v) is 9.66. The number of hydrogen-bond donors (Lipinski definition) is 1. The molecule has 1 heterocycles. The molecule has 6 heteroatoms. The summed E-state index contributed by atoms with van der Waals surface area (Å²) < 4.78 is 10.5. The lowest BCUT2D eigenvalue weighted by Gasteiger charge is -2.32. The Kier molecular flexibility index (Phi) is 7.11. The molecule has 2 amide bonds. The highest BCUT2D eigenvalue weighted by atomic mass is 16.5. The third-order valence-corrected chi connectivity index (χ3v) is 5.31. The topological polar surface area (TPSA) is 67.9 Å². The molecule has 0 unspecified atom stereocenters. The van der Waals surface area contributed by atoms with Crippen LogP contribution >= 0.6 is 0 Å². The van der Waals surface area contributed by atoms with Gasteiger partial charge in [-0.25, -0.2) is 0 Å². The number of benzene rings is 1. The van der Waals surface area contributed by atoms with Crippen molar-refractivity contribution < 1.29 is 19.1 Å². The van der Waals surface area contributed by atoms with Crippen LogP contribution in [0.3, 0.4) is 0 Å². The molecule has 1 aliphatic rings. The van der Waals surface area contributed by atoms with E-state index in [0.717, 1.165) is 18.4 Å². The number of rotatable bonds is 5. The second-order valence-corrected chi connectivity index (χ2v) is 8.22. The van der Waals surface area contributed by atoms with Gasteiger partial charge < -0.3 is 19.7 Å². The highest BCUT2D eigenvalue weighted by molar-refractivity contribution is 5.95. The van der Waals surface area contributed by atoms with Gasteiger partial charge in [-0.1, -0.05) is 26.3 Å². The molecule has 0 bridgehead atoms. The van der Waals surface area contributed by atoms with Gasteiger partial charge in [0.05, 0.1) is 14.2 Å². The second-order valence-electron chi connectivity index (χ2n) is 8.22. The summed E-state index contributed by atoms with van der Waals surface area (Å²) in [5.41, 5.74) is 1.59. The normalized spacial score (nSPS) is 15.9.